The van der Waals surface area contributed by atoms with E-state index in [0.29, 0.717) is 32.0 Å². The number of morpholine rings is 1. The Labute approximate surface area is 165 Å². The van der Waals surface area contributed by atoms with Gasteiger partial charge in [0.25, 0.3) is 5.66 Å². The summed E-state index contributed by atoms with van der Waals surface area (Å²) < 4.78 is 48.4. The van der Waals surface area contributed by atoms with Gasteiger partial charge in [-0.3, -0.25) is 0 Å². The van der Waals surface area contributed by atoms with Crippen molar-refractivity contribution in [1.82, 2.24) is 10.2 Å². The maximum Gasteiger partial charge on any atom is 0.437 e. The number of hydrogen-bond acceptors (Lipinski definition) is 4. The number of aliphatic imine (C=N–C) groups is 1. The molecule has 0 aliphatic carbocycles. The smallest absolute Gasteiger partial charge is 0.378 e. The Morgan fingerprint density at radius 1 is 0.966 bits per heavy atom. The number of ether oxygens (including phenoxy) is 1. The molecule has 152 valence electrons. The molecule has 1 N–H and O–H groups in total. The van der Waals surface area contributed by atoms with Crippen molar-refractivity contribution in [2.75, 3.05) is 31.2 Å². The molecule has 2 amide bonds. The van der Waals surface area contributed by atoms with Crippen LogP contribution in [-0.4, -0.2) is 49.4 Å². The largest absolute Gasteiger partial charge is 0.437 e. The first-order valence-corrected chi connectivity index (χ1v) is 9.14. The van der Waals surface area contributed by atoms with Crippen molar-refractivity contribution >= 4 is 17.7 Å². The molecule has 9 heteroatoms. The van der Waals surface area contributed by atoms with Crippen molar-refractivity contribution in [3.8, 4) is 0 Å². The maximum atomic E-state index is 14.3. The van der Waals surface area contributed by atoms with Gasteiger partial charge in [0.1, 0.15) is 0 Å². The molecule has 0 saturated carbocycles. The number of anilines is 1. The second kappa shape index (κ2) is 7.40. The van der Waals surface area contributed by atoms with E-state index in [1.165, 1.54) is 29.2 Å². The molecular formula is C20H19F3N4O2. The number of benzene rings is 2. The summed E-state index contributed by atoms with van der Waals surface area (Å²) in [5.74, 6) is -0.0515. The lowest BCUT2D eigenvalue weighted by molar-refractivity contribution is -0.195. The minimum Gasteiger partial charge on any atom is -0.378 e. The number of hydrogen-bond donors (Lipinski definition) is 1. The van der Waals surface area contributed by atoms with E-state index in [1.807, 2.05) is 0 Å². The lowest BCUT2D eigenvalue weighted by Crippen LogP contribution is -2.66. The van der Waals surface area contributed by atoms with E-state index >= 15 is 0 Å². The first-order valence-electron chi connectivity index (χ1n) is 9.14. The highest BCUT2D eigenvalue weighted by Crippen LogP contribution is 2.43. The summed E-state index contributed by atoms with van der Waals surface area (Å²) in [6, 6.07) is 14.8. The van der Waals surface area contributed by atoms with Crippen LogP contribution in [0.3, 0.4) is 0 Å². The number of nitrogens with one attached hydrogen (secondary N) is 1. The highest BCUT2D eigenvalue weighted by Gasteiger charge is 2.61. The fraction of sp³-hybridized carbons (Fsp3) is 0.300. The summed E-state index contributed by atoms with van der Waals surface area (Å²) in [7, 11) is 0. The molecule has 2 aliphatic rings. The molecule has 1 atom stereocenters. The fourth-order valence-corrected chi connectivity index (χ4v) is 3.43. The molecule has 0 unspecified atom stereocenters. The van der Waals surface area contributed by atoms with E-state index < -0.39 is 17.9 Å². The Morgan fingerprint density at radius 3 is 2.14 bits per heavy atom. The second-order valence-corrected chi connectivity index (χ2v) is 6.69. The van der Waals surface area contributed by atoms with Gasteiger partial charge in [-0.15, -0.1) is 0 Å². The molecule has 0 spiro atoms. The van der Waals surface area contributed by atoms with Crippen LogP contribution < -0.4 is 10.2 Å². The van der Waals surface area contributed by atoms with Crippen LogP contribution in [0, 0.1) is 0 Å². The number of guanidine groups is 1. The van der Waals surface area contributed by atoms with Crippen molar-refractivity contribution < 1.29 is 22.7 Å². The summed E-state index contributed by atoms with van der Waals surface area (Å²) in [5, 5.41) is 2.12. The monoisotopic (exact) mass is 404 g/mol. The standard InChI is InChI=1S/C20H19F3N4O2/c21-20(22,23)19(15-7-3-1-4-8-15)24-17(26-11-13-29-14-12-26)27(18(28)25-19)16-9-5-2-6-10-16/h1-10H,11-14H2,(H,25,28)/t19-/m0/s1. The Bertz CT molecular complexity index is 899. The molecule has 0 aromatic heterocycles. The van der Waals surface area contributed by atoms with Gasteiger partial charge >= 0.3 is 12.2 Å². The zero-order chi connectivity index (χ0) is 20.5. The fourth-order valence-electron chi connectivity index (χ4n) is 3.43. The SMILES string of the molecule is O=C1N[C@@](c2ccccc2)(C(F)(F)F)N=C(N2CCOCC2)N1c1ccccc1. The van der Waals surface area contributed by atoms with E-state index in [1.54, 1.807) is 41.3 Å². The molecule has 2 heterocycles. The number of halogens is 3. The van der Waals surface area contributed by atoms with Crippen LogP contribution in [0.25, 0.3) is 0 Å². The molecule has 2 aromatic rings. The van der Waals surface area contributed by atoms with Crippen molar-refractivity contribution in [3.63, 3.8) is 0 Å². The third-order valence-corrected chi connectivity index (χ3v) is 4.87. The van der Waals surface area contributed by atoms with E-state index in [0.717, 1.165) is 0 Å². The Kier molecular flexibility index (Phi) is 4.91. The van der Waals surface area contributed by atoms with Crippen LogP contribution >= 0.6 is 0 Å². The number of rotatable bonds is 2. The van der Waals surface area contributed by atoms with E-state index in [4.69, 9.17) is 4.74 Å². The number of nitrogens with zero attached hydrogens (tertiary/aromatic N) is 3. The Hall–Kier alpha value is -3.07. The van der Waals surface area contributed by atoms with Crippen LogP contribution in [0.1, 0.15) is 5.56 Å². The molecule has 2 aliphatic heterocycles. The third-order valence-electron chi connectivity index (χ3n) is 4.87. The third kappa shape index (κ3) is 3.42. The van der Waals surface area contributed by atoms with Crippen LogP contribution in [0.2, 0.25) is 0 Å². The zero-order valence-corrected chi connectivity index (χ0v) is 15.4. The van der Waals surface area contributed by atoms with Gasteiger partial charge in [0.2, 0.25) is 5.96 Å². The summed E-state index contributed by atoms with van der Waals surface area (Å²) in [4.78, 5) is 20.0. The van der Waals surface area contributed by atoms with E-state index in [-0.39, 0.29) is 11.5 Å². The van der Waals surface area contributed by atoms with Gasteiger partial charge in [-0.2, -0.15) is 13.2 Å². The number of amides is 2. The number of alkyl halides is 3. The summed E-state index contributed by atoms with van der Waals surface area (Å²) >= 11 is 0. The number of para-hydroxylation sites is 1. The van der Waals surface area contributed by atoms with Crippen molar-refractivity contribution in [2.24, 2.45) is 4.99 Å². The quantitative estimate of drug-likeness (QED) is 0.836. The minimum atomic E-state index is -4.84. The lowest BCUT2D eigenvalue weighted by Gasteiger charge is -2.44. The number of urea groups is 1. The van der Waals surface area contributed by atoms with Gasteiger partial charge in [0.15, 0.2) is 0 Å². The number of carbonyl (C=O) groups excluding carboxylic acids is 1. The average molecular weight is 404 g/mol. The highest BCUT2D eigenvalue weighted by molar-refractivity contribution is 6.17. The topological polar surface area (TPSA) is 57.2 Å². The average Bonchev–Trinajstić information content (AvgIpc) is 2.74. The molecule has 0 radical (unpaired) electrons. The van der Waals surface area contributed by atoms with Crippen LogP contribution in [0.5, 0.6) is 0 Å². The van der Waals surface area contributed by atoms with Crippen molar-refractivity contribution in [1.29, 1.82) is 0 Å². The summed E-state index contributed by atoms with van der Waals surface area (Å²) in [5.41, 5.74) is -2.59. The first kappa shape index (κ1) is 19.3. The lowest BCUT2D eigenvalue weighted by atomic mass is 9.98. The molecule has 1 saturated heterocycles. The molecule has 0 bridgehead atoms. The van der Waals surface area contributed by atoms with Crippen LogP contribution in [0.15, 0.2) is 65.7 Å². The van der Waals surface area contributed by atoms with Gasteiger partial charge in [0.05, 0.1) is 18.9 Å². The van der Waals surface area contributed by atoms with Crippen molar-refractivity contribution in [3.05, 3.63) is 66.2 Å². The van der Waals surface area contributed by atoms with Gasteiger partial charge in [-0.05, 0) is 12.1 Å². The van der Waals surface area contributed by atoms with Crippen molar-refractivity contribution in [2.45, 2.75) is 11.8 Å². The molecule has 1 fully saturated rings. The van der Waals surface area contributed by atoms with E-state index in [2.05, 4.69) is 10.3 Å². The normalized spacial score (nSPS) is 22.9. The van der Waals surface area contributed by atoms with Gasteiger partial charge in [-0.1, -0.05) is 48.5 Å². The molecule has 6 nitrogen and oxygen atoms in total. The first-order chi connectivity index (χ1) is 13.9. The summed E-state index contributed by atoms with van der Waals surface area (Å²) in [6.07, 6.45) is -4.84. The summed E-state index contributed by atoms with van der Waals surface area (Å²) in [6.45, 7) is 1.34. The van der Waals surface area contributed by atoms with Crippen LogP contribution in [-0.2, 0) is 10.4 Å². The maximum absolute atomic E-state index is 14.3. The van der Waals surface area contributed by atoms with Gasteiger partial charge in [-0.25, -0.2) is 14.7 Å². The Balaban J connectivity index is 1.91. The Morgan fingerprint density at radius 2 is 1.55 bits per heavy atom. The highest BCUT2D eigenvalue weighted by atomic mass is 19.4. The molecular weight excluding hydrogens is 385 g/mol. The molecule has 29 heavy (non-hydrogen) atoms. The van der Waals surface area contributed by atoms with Gasteiger partial charge < -0.3 is 15.0 Å². The second-order valence-electron chi connectivity index (χ2n) is 6.69. The van der Waals surface area contributed by atoms with Gasteiger partial charge in [0, 0.05) is 18.7 Å². The predicted octanol–water partition coefficient (Wildman–Crippen LogP) is 3.32. The minimum absolute atomic E-state index is 0.0515. The van der Waals surface area contributed by atoms with E-state index in [9.17, 15) is 18.0 Å². The molecule has 2 aromatic carbocycles. The number of carbonyl (C=O) groups is 1. The zero-order valence-electron chi connectivity index (χ0n) is 15.4. The predicted molar refractivity (Wildman–Crippen MR) is 101 cm³/mol. The molecule has 4 rings (SSSR count). The van der Waals surface area contributed by atoms with Crippen LogP contribution in [0.4, 0.5) is 23.7 Å².